The van der Waals surface area contributed by atoms with Crippen LogP contribution in [0.3, 0.4) is 0 Å². The monoisotopic (exact) mass is 385 g/mol. The van der Waals surface area contributed by atoms with Gasteiger partial charge in [0.05, 0.1) is 16.9 Å². The van der Waals surface area contributed by atoms with Gasteiger partial charge in [0.25, 0.3) is 5.56 Å². The number of para-hydroxylation sites is 1. The molecular weight excluding hydrogens is 350 g/mol. The van der Waals surface area contributed by atoms with Gasteiger partial charge in [-0.25, -0.2) is 4.98 Å². The fourth-order valence-corrected chi connectivity index (χ4v) is 4.06. The summed E-state index contributed by atoms with van der Waals surface area (Å²) in [4.78, 5) is 32.5. The van der Waals surface area contributed by atoms with Crippen molar-refractivity contribution in [2.75, 3.05) is 6.54 Å². The normalized spacial score (nSPS) is 14.1. The van der Waals surface area contributed by atoms with Crippen LogP contribution in [0, 0.1) is 11.3 Å². The summed E-state index contributed by atoms with van der Waals surface area (Å²) in [6.07, 6.45) is 2.38. The van der Waals surface area contributed by atoms with Gasteiger partial charge in [0, 0.05) is 20.0 Å². The fraction of sp³-hybridized carbons (Fsp3) is 0.609. The molecular formula is C23H35N3O2. The van der Waals surface area contributed by atoms with Crippen LogP contribution >= 0.6 is 0 Å². The van der Waals surface area contributed by atoms with Crippen molar-refractivity contribution in [1.82, 2.24) is 14.5 Å². The molecule has 2 aromatic rings. The van der Waals surface area contributed by atoms with Crippen LogP contribution in [0.5, 0.6) is 0 Å². The van der Waals surface area contributed by atoms with E-state index in [2.05, 4.69) is 34.6 Å². The van der Waals surface area contributed by atoms with E-state index >= 15 is 0 Å². The van der Waals surface area contributed by atoms with Gasteiger partial charge in [-0.05, 0) is 43.2 Å². The van der Waals surface area contributed by atoms with Crippen LogP contribution in [0.25, 0.3) is 10.9 Å². The maximum absolute atomic E-state index is 13.1. The zero-order chi connectivity index (χ0) is 21.1. The smallest absolute Gasteiger partial charge is 0.261 e. The maximum Gasteiger partial charge on any atom is 0.261 e. The molecule has 2 unspecified atom stereocenters. The molecule has 0 fully saturated rings. The summed E-state index contributed by atoms with van der Waals surface area (Å²) in [5, 5.41) is 0.605. The molecule has 2 rings (SSSR count). The molecule has 0 aliphatic rings. The molecule has 0 radical (unpaired) electrons. The van der Waals surface area contributed by atoms with E-state index in [0.29, 0.717) is 35.6 Å². The van der Waals surface area contributed by atoms with Crippen molar-refractivity contribution in [2.24, 2.45) is 18.4 Å². The second-order valence-corrected chi connectivity index (χ2v) is 9.19. The van der Waals surface area contributed by atoms with E-state index in [1.807, 2.05) is 30.0 Å². The van der Waals surface area contributed by atoms with Gasteiger partial charge in [-0.15, -0.1) is 0 Å². The average Bonchev–Trinajstić information content (AvgIpc) is 2.60. The van der Waals surface area contributed by atoms with Gasteiger partial charge < -0.3 is 4.90 Å². The molecule has 0 bridgehead atoms. The first-order chi connectivity index (χ1) is 13.0. The van der Waals surface area contributed by atoms with Crippen LogP contribution in [0.15, 0.2) is 29.1 Å². The van der Waals surface area contributed by atoms with Gasteiger partial charge in [-0.2, -0.15) is 0 Å². The molecule has 0 aliphatic carbocycles. The third-order valence-corrected chi connectivity index (χ3v) is 5.13. The summed E-state index contributed by atoms with van der Waals surface area (Å²) < 4.78 is 1.58. The Bertz CT molecular complexity index is 880. The zero-order valence-corrected chi connectivity index (χ0v) is 18.5. The minimum Gasteiger partial charge on any atom is -0.333 e. The van der Waals surface area contributed by atoms with Crippen LogP contribution in [0.4, 0.5) is 0 Å². The number of carbonyl (C=O) groups excluding carboxylic acids is 1. The first kappa shape index (κ1) is 22.1. The van der Waals surface area contributed by atoms with Crippen LogP contribution in [0.2, 0.25) is 0 Å². The highest BCUT2D eigenvalue weighted by atomic mass is 16.2. The van der Waals surface area contributed by atoms with E-state index in [1.165, 1.54) is 0 Å². The van der Waals surface area contributed by atoms with E-state index in [0.717, 1.165) is 12.8 Å². The number of hydrogen-bond acceptors (Lipinski definition) is 3. The molecule has 1 aromatic carbocycles. The van der Waals surface area contributed by atoms with Crippen molar-refractivity contribution >= 4 is 16.8 Å². The predicted octanol–water partition coefficient (Wildman–Crippen LogP) is 4.70. The first-order valence-corrected chi connectivity index (χ1v) is 10.3. The molecule has 1 amide bonds. The van der Waals surface area contributed by atoms with Crippen LogP contribution in [0.1, 0.15) is 72.7 Å². The Balaban J connectivity index is 2.33. The highest BCUT2D eigenvalue weighted by Crippen LogP contribution is 2.28. The summed E-state index contributed by atoms with van der Waals surface area (Å²) in [7, 11) is 1.74. The molecule has 0 saturated heterocycles. The number of hydrogen-bond donors (Lipinski definition) is 0. The van der Waals surface area contributed by atoms with E-state index in [9.17, 15) is 9.59 Å². The number of benzene rings is 1. The van der Waals surface area contributed by atoms with E-state index in [4.69, 9.17) is 4.98 Å². The number of fused-ring (bicyclic) bond motifs is 1. The van der Waals surface area contributed by atoms with Crippen molar-refractivity contribution in [3.8, 4) is 0 Å². The van der Waals surface area contributed by atoms with Crippen molar-refractivity contribution in [1.29, 1.82) is 0 Å². The summed E-state index contributed by atoms with van der Waals surface area (Å²) in [6, 6.07) is 7.12. The SMILES string of the molecule is CCCN(C(=O)CC(C)CC(C)(C)C)C(C)c1nc2ccccc2c(=O)n1C. The third kappa shape index (κ3) is 5.21. The number of amides is 1. The van der Waals surface area contributed by atoms with E-state index in [-0.39, 0.29) is 22.9 Å². The molecule has 5 nitrogen and oxygen atoms in total. The molecule has 1 aromatic heterocycles. The average molecular weight is 386 g/mol. The van der Waals surface area contributed by atoms with Gasteiger partial charge in [0.15, 0.2) is 0 Å². The van der Waals surface area contributed by atoms with Crippen LogP contribution in [-0.4, -0.2) is 26.9 Å². The number of rotatable bonds is 7. The Labute approximate surface area is 168 Å². The molecule has 1 heterocycles. The van der Waals surface area contributed by atoms with Gasteiger partial charge in [0.2, 0.25) is 5.91 Å². The van der Waals surface area contributed by atoms with Crippen LogP contribution < -0.4 is 5.56 Å². The number of nitrogens with zero attached hydrogens (tertiary/aromatic N) is 3. The van der Waals surface area contributed by atoms with Gasteiger partial charge in [0.1, 0.15) is 5.82 Å². The largest absolute Gasteiger partial charge is 0.333 e. The lowest BCUT2D eigenvalue weighted by atomic mass is 9.84. The Morgan fingerprint density at radius 1 is 1.21 bits per heavy atom. The highest BCUT2D eigenvalue weighted by molar-refractivity contribution is 5.78. The Morgan fingerprint density at radius 3 is 2.46 bits per heavy atom. The summed E-state index contributed by atoms with van der Waals surface area (Å²) >= 11 is 0. The topological polar surface area (TPSA) is 55.2 Å². The van der Waals surface area contributed by atoms with Crippen molar-refractivity contribution in [2.45, 2.75) is 66.8 Å². The van der Waals surface area contributed by atoms with E-state index < -0.39 is 0 Å². The molecule has 154 valence electrons. The predicted molar refractivity (Wildman–Crippen MR) is 115 cm³/mol. The molecule has 0 saturated carbocycles. The Morgan fingerprint density at radius 2 is 1.86 bits per heavy atom. The Kier molecular flexibility index (Phi) is 7.02. The van der Waals surface area contributed by atoms with Crippen LogP contribution in [-0.2, 0) is 11.8 Å². The van der Waals surface area contributed by atoms with Crippen molar-refractivity contribution in [3.63, 3.8) is 0 Å². The lowest BCUT2D eigenvalue weighted by Gasteiger charge is -2.31. The second-order valence-electron chi connectivity index (χ2n) is 9.19. The molecule has 2 atom stereocenters. The van der Waals surface area contributed by atoms with E-state index in [1.54, 1.807) is 17.7 Å². The second kappa shape index (κ2) is 8.89. The lowest BCUT2D eigenvalue weighted by Crippen LogP contribution is -2.38. The molecule has 0 N–H and O–H groups in total. The molecule has 28 heavy (non-hydrogen) atoms. The minimum absolute atomic E-state index is 0.0718. The molecule has 5 heteroatoms. The van der Waals surface area contributed by atoms with Gasteiger partial charge in [-0.3, -0.25) is 14.2 Å². The quantitative estimate of drug-likeness (QED) is 0.694. The minimum atomic E-state index is -0.253. The fourth-order valence-electron chi connectivity index (χ4n) is 4.06. The first-order valence-electron chi connectivity index (χ1n) is 10.3. The third-order valence-electron chi connectivity index (χ3n) is 5.13. The molecule has 0 aliphatic heterocycles. The summed E-state index contributed by atoms with van der Waals surface area (Å²) in [5.74, 6) is 1.08. The van der Waals surface area contributed by atoms with Gasteiger partial charge >= 0.3 is 0 Å². The number of carbonyl (C=O) groups is 1. The number of aromatic nitrogens is 2. The zero-order valence-electron chi connectivity index (χ0n) is 18.5. The maximum atomic E-state index is 13.1. The summed E-state index contributed by atoms with van der Waals surface area (Å²) in [6.45, 7) is 13.4. The standard InChI is InChI=1S/C23H35N3O2/c1-8-13-26(20(27)14-16(2)15-23(4,5)6)17(3)21-24-19-12-10-9-11-18(19)22(28)25(21)7/h9-12,16-17H,8,13-15H2,1-7H3. The van der Waals surface area contributed by atoms with Crippen molar-refractivity contribution in [3.05, 3.63) is 40.4 Å². The lowest BCUT2D eigenvalue weighted by molar-refractivity contribution is -0.134. The Hall–Kier alpha value is -2.17. The van der Waals surface area contributed by atoms with Gasteiger partial charge in [-0.1, -0.05) is 46.8 Å². The molecule has 0 spiro atoms. The summed E-state index contributed by atoms with van der Waals surface area (Å²) in [5.41, 5.74) is 0.805. The van der Waals surface area contributed by atoms with Crippen molar-refractivity contribution < 1.29 is 4.79 Å². The highest BCUT2D eigenvalue weighted by Gasteiger charge is 2.27.